The van der Waals surface area contributed by atoms with Crippen LogP contribution in [-0.4, -0.2) is 46.3 Å². The summed E-state index contributed by atoms with van der Waals surface area (Å²) in [6.07, 6.45) is 1.48. The molecule has 7 nitrogen and oxygen atoms in total. The van der Waals surface area contributed by atoms with Gasteiger partial charge in [0.15, 0.2) is 0 Å². The van der Waals surface area contributed by atoms with Crippen LogP contribution < -0.4 is 14.3 Å². The van der Waals surface area contributed by atoms with E-state index in [9.17, 15) is 9.59 Å². The number of hydrogen-bond donors (Lipinski definition) is 0. The Hall–Kier alpha value is -2.97. The van der Waals surface area contributed by atoms with E-state index in [2.05, 4.69) is 30.9 Å². The number of esters is 1. The lowest BCUT2D eigenvalue weighted by Gasteiger charge is -2.34. The highest BCUT2D eigenvalue weighted by atomic mass is 32.2. The van der Waals surface area contributed by atoms with Gasteiger partial charge in [0.25, 0.3) is 0 Å². The maximum atomic E-state index is 12.4. The van der Waals surface area contributed by atoms with E-state index in [1.54, 1.807) is 11.8 Å². The lowest BCUT2D eigenvalue weighted by molar-refractivity contribution is -0.146. The molecule has 2 aliphatic rings. The Bertz CT molecular complexity index is 1330. The minimum atomic E-state index is -0.617. The molecule has 0 atom stereocenters. The third kappa shape index (κ3) is 5.50. The molecule has 1 fully saturated rings. The van der Waals surface area contributed by atoms with Crippen molar-refractivity contribution in [3.63, 3.8) is 0 Å². The molecular weight excluding hydrogens is 488 g/mol. The highest BCUT2D eigenvalue weighted by Crippen LogP contribution is 2.45. The summed E-state index contributed by atoms with van der Waals surface area (Å²) in [4.78, 5) is 34.8. The SMILES string of the molecule is CC(C)N1CCC(c2c3n(c4ccc(Sc5ccccc5OC(C)(C)C)cc24)OC(=O)CC(=O)O3)CC1. The molecule has 0 bridgehead atoms. The van der Waals surface area contributed by atoms with Crippen LogP contribution in [0.25, 0.3) is 10.9 Å². The number of aromatic nitrogens is 1. The van der Waals surface area contributed by atoms with Crippen LogP contribution in [-0.2, 0) is 9.59 Å². The third-order valence-electron chi connectivity index (χ3n) is 6.75. The van der Waals surface area contributed by atoms with Crippen LogP contribution in [0, 0.1) is 0 Å². The first kappa shape index (κ1) is 25.7. The summed E-state index contributed by atoms with van der Waals surface area (Å²) in [6.45, 7) is 12.5. The smallest absolute Gasteiger partial charge is 0.344 e. The minimum absolute atomic E-state index is 0.190. The van der Waals surface area contributed by atoms with Crippen LogP contribution >= 0.6 is 11.8 Å². The fraction of sp³-hybridized carbons (Fsp3) is 0.448. The summed E-state index contributed by atoms with van der Waals surface area (Å²) in [7, 11) is 0. The van der Waals surface area contributed by atoms with Gasteiger partial charge in [0, 0.05) is 21.9 Å². The van der Waals surface area contributed by atoms with Gasteiger partial charge in [-0.2, -0.15) is 0 Å². The second kappa shape index (κ2) is 10.1. The van der Waals surface area contributed by atoms with Gasteiger partial charge in [-0.05, 0) is 96.8 Å². The molecule has 0 radical (unpaired) electrons. The van der Waals surface area contributed by atoms with E-state index in [-0.39, 0.29) is 11.5 Å². The van der Waals surface area contributed by atoms with E-state index in [0.717, 1.165) is 57.9 Å². The van der Waals surface area contributed by atoms with Crippen LogP contribution in [0.3, 0.4) is 0 Å². The van der Waals surface area contributed by atoms with Crippen molar-refractivity contribution in [3.05, 3.63) is 48.0 Å². The number of carbonyl (C=O) groups is 2. The van der Waals surface area contributed by atoms with Gasteiger partial charge >= 0.3 is 11.9 Å². The molecule has 0 amide bonds. The molecule has 37 heavy (non-hydrogen) atoms. The van der Waals surface area contributed by atoms with E-state index >= 15 is 0 Å². The summed E-state index contributed by atoms with van der Waals surface area (Å²) in [5.41, 5.74) is 1.36. The maximum Gasteiger partial charge on any atom is 0.344 e. The predicted molar refractivity (Wildman–Crippen MR) is 143 cm³/mol. The first-order valence-electron chi connectivity index (χ1n) is 12.9. The summed E-state index contributed by atoms with van der Waals surface area (Å²) in [5, 5.41) is 0.944. The molecule has 8 heteroatoms. The largest absolute Gasteiger partial charge is 0.487 e. The molecule has 0 unspecified atom stereocenters. The van der Waals surface area contributed by atoms with Crippen LogP contribution in [0.2, 0.25) is 0 Å². The number of carbonyl (C=O) groups excluding carboxylic acids is 2. The Labute approximate surface area is 222 Å². The summed E-state index contributed by atoms with van der Waals surface area (Å²) < 4.78 is 13.4. The Kier molecular flexibility index (Phi) is 6.98. The van der Waals surface area contributed by atoms with Crippen molar-refractivity contribution in [3.8, 4) is 11.6 Å². The zero-order valence-electron chi connectivity index (χ0n) is 22.1. The second-order valence-electron chi connectivity index (χ2n) is 11.0. The minimum Gasteiger partial charge on any atom is -0.487 e. The maximum absolute atomic E-state index is 12.4. The molecule has 2 aliphatic heterocycles. The summed E-state index contributed by atoms with van der Waals surface area (Å²) >= 11 is 1.62. The number of rotatable bonds is 5. The van der Waals surface area contributed by atoms with Crippen molar-refractivity contribution < 1.29 is 23.9 Å². The van der Waals surface area contributed by atoms with Crippen molar-refractivity contribution in [1.82, 2.24) is 9.63 Å². The highest BCUT2D eigenvalue weighted by molar-refractivity contribution is 7.99. The van der Waals surface area contributed by atoms with E-state index in [1.807, 2.05) is 51.1 Å². The molecule has 1 aromatic heterocycles. The lowest BCUT2D eigenvalue weighted by atomic mass is 9.88. The monoisotopic (exact) mass is 522 g/mol. The Morgan fingerprint density at radius 1 is 1.03 bits per heavy atom. The normalized spacial score (nSPS) is 17.5. The first-order valence-corrected chi connectivity index (χ1v) is 13.7. The number of hydrogen-bond acceptors (Lipinski definition) is 7. The number of likely N-dealkylation sites (tertiary alicyclic amines) is 1. The first-order chi connectivity index (χ1) is 17.6. The molecule has 0 aliphatic carbocycles. The highest BCUT2D eigenvalue weighted by Gasteiger charge is 2.34. The Balaban J connectivity index is 1.57. The molecule has 2 aromatic carbocycles. The molecule has 3 heterocycles. The fourth-order valence-electron chi connectivity index (χ4n) is 5.06. The van der Waals surface area contributed by atoms with Gasteiger partial charge in [0.1, 0.15) is 17.8 Å². The number of nitrogens with zero attached hydrogens (tertiary/aromatic N) is 2. The van der Waals surface area contributed by atoms with Gasteiger partial charge in [-0.15, -0.1) is 4.73 Å². The summed E-state index contributed by atoms with van der Waals surface area (Å²) in [6, 6.07) is 14.6. The molecule has 5 rings (SSSR count). The molecular formula is C29H34N2O5S. The van der Waals surface area contributed by atoms with E-state index in [1.165, 1.54) is 4.73 Å². The topological polar surface area (TPSA) is 70.0 Å². The van der Waals surface area contributed by atoms with Crippen LogP contribution in [0.15, 0.2) is 52.3 Å². The molecule has 0 saturated carbocycles. The van der Waals surface area contributed by atoms with Gasteiger partial charge in [-0.3, -0.25) is 4.79 Å². The number of piperidine rings is 1. The molecule has 0 N–H and O–H groups in total. The quantitative estimate of drug-likeness (QED) is 0.309. The number of para-hydroxylation sites is 1. The van der Waals surface area contributed by atoms with Crippen molar-refractivity contribution in [1.29, 1.82) is 0 Å². The van der Waals surface area contributed by atoms with Crippen LogP contribution in [0.1, 0.15) is 65.4 Å². The van der Waals surface area contributed by atoms with Crippen LogP contribution in [0.4, 0.5) is 0 Å². The second-order valence-corrected chi connectivity index (χ2v) is 12.1. The van der Waals surface area contributed by atoms with Gasteiger partial charge < -0.3 is 19.2 Å². The van der Waals surface area contributed by atoms with Crippen molar-refractivity contribution in [2.75, 3.05) is 13.1 Å². The van der Waals surface area contributed by atoms with Crippen molar-refractivity contribution in [2.45, 2.75) is 81.2 Å². The van der Waals surface area contributed by atoms with Crippen molar-refractivity contribution in [2.24, 2.45) is 0 Å². The fourth-order valence-corrected chi connectivity index (χ4v) is 5.99. The number of fused-ring (bicyclic) bond motifs is 3. The van der Waals surface area contributed by atoms with Crippen LogP contribution in [0.5, 0.6) is 11.6 Å². The average Bonchev–Trinajstić information content (AvgIpc) is 3.01. The molecule has 0 spiro atoms. The van der Waals surface area contributed by atoms with Gasteiger partial charge in [0.05, 0.1) is 10.4 Å². The molecule has 1 saturated heterocycles. The number of ether oxygens (including phenoxy) is 2. The number of benzene rings is 2. The summed E-state index contributed by atoms with van der Waals surface area (Å²) in [5.74, 6) is 0.156. The third-order valence-corrected chi connectivity index (χ3v) is 7.79. The standard InChI is InChI=1S/C29H34N2O5S/c1-18(2)30-14-12-19(13-15-30)27-21-16-20(37-24-9-7-6-8-23(24)35-29(3,4)5)10-11-22(21)31-28(27)34-25(32)17-26(33)36-31/h6-11,16,18-19H,12-15,17H2,1-5H3. The zero-order chi connectivity index (χ0) is 26.3. The predicted octanol–water partition coefficient (Wildman–Crippen LogP) is 5.82. The molecule has 3 aromatic rings. The Morgan fingerprint density at radius 3 is 2.46 bits per heavy atom. The average molecular weight is 523 g/mol. The van der Waals surface area contributed by atoms with E-state index in [0.29, 0.717) is 11.9 Å². The zero-order valence-corrected chi connectivity index (χ0v) is 22.9. The molecule has 196 valence electrons. The Morgan fingerprint density at radius 2 is 1.76 bits per heavy atom. The van der Waals surface area contributed by atoms with E-state index < -0.39 is 18.4 Å². The van der Waals surface area contributed by atoms with E-state index in [4.69, 9.17) is 14.3 Å². The van der Waals surface area contributed by atoms with Crippen molar-refractivity contribution >= 4 is 34.6 Å². The van der Waals surface area contributed by atoms with Gasteiger partial charge in [0.2, 0.25) is 5.88 Å². The lowest BCUT2D eigenvalue weighted by Crippen LogP contribution is -2.37. The van der Waals surface area contributed by atoms with Gasteiger partial charge in [-0.1, -0.05) is 23.9 Å². The van der Waals surface area contributed by atoms with Gasteiger partial charge in [-0.25, -0.2) is 4.79 Å².